The standard InChI is InChI=1S/C22H17ClN4O3/c1-26-14-6-4-3-5-13(14)15(21(26)29)16-17-19(27(2)22(30)25-20(17)28)24-18(16)11-7-9-12(23)10-8-11/h3-10,15,24H,1-2H3,(H,25,28,30). The molecule has 1 aliphatic rings. The lowest BCUT2D eigenvalue weighted by molar-refractivity contribution is -0.118. The highest BCUT2D eigenvalue weighted by atomic mass is 35.5. The summed E-state index contributed by atoms with van der Waals surface area (Å²) >= 11 is 6.05. The zero-order valence-electron chi connectivity index (χ0n) is 16.2. The van der Waals surface area contributed by atoms with E-state index in [1.165, 1.54) is 4.57 Å². The van der Waals surface area contributed by atoms with E-state index < -0.39 is 17.2 Å². The van der Waals surface area contributed by atoms with Crippen LogP contribution in [0.3, 0.4) is 0 Å². The van der Waals surface area contributed by atoms with Crippen LogP contribution in [0.4, 0.5) is 5.69 Å². The second kappa shape index (κ2) is 6.47. The molecule has 1 amide bonds. The van der Waals surface area contributed by atoms with Crippen molar-refractivity contribution in [1.82, 2.24) is 14.5 Å². The molecule has 0 bridgehead atoms. The average Bonchev–Trinajstić information content (AvgIpc) is 3.24. The molecule has 2 aromatic heterocycles. The van der Waals surface area contributed by atoms with Crippen molar-refractivity contribution in [2.75, 3.05) is 11.9 Å². The van der Waals surface area contributed by atoms with Crippen LogP contribution < -0.4 is 16.1 Å². The monoisotopic (exact) mass is 420 g/mol. The Hall–Kier alpha value is -3.58. The lowest BCUT2D eigenvalue weighted by Crippen LogP contribution is -2.29. The van der Waals surface area contributed by atoms with Gasteiger partial charge in [0.05, 0.1) is 17.0 Å². The molecule has 0 radical (unpaired) electrons. The molecule has 3 heterocycles. The zero-order valence-corrected chi connectivity index (χ0v) is 16.9. The Bertz CT molecular complexity index is 1450. The first kappa shape index (κ1) is 18.4. The first-order valence-electron chi connectivity index (χ1n) is 9.35. The maximum Gasteiger partial charge on any atom is 0.329 e. The topological polar surface area (TPSA) is 91.0 Å². The third-order valence-electron chi connectivity index (χ3n) is 5.71. The van der Waals surface area contributed by atoms with Gasteiger partial charge in [-0.25, -0.2) is 4.79 Å². The number of nitrogens with one attached hydrogen (secondary N) is 2. The summed E-state index contributed by atoms with van der Waals surface area (Å²) in [4.78, 5) is 45.6. The van der Waals surface area contributed by atoms with Crippen molar-refractivity contribution in [3.05, 3.63) is 85.5 Å². The molecular formula is C22H17ClN4O3. The number of para-hydroxylation sites is 1. The molecule has 1 aliphatic heterocycles. The van der Waals surface area contributed by atoms with Gasteiger partial charge in [-0.3, -0.25) is 19.1 Å². The predicted octanol–water partition coefficient (Wildman–Crippen LogP) is 2.98. The quantitative estimate of drug-likeness (QED) is 0.522. The number of carbonyl (C=O) groups excluding carboxylic acids is 1. The fourth-order valence-corrected chi connectivity index (χ4v) is 4.35. The minimum Gasteiger partial charge on any atom is -0.340 e. The number of amides is 1. The number of aromatic nitrogens is 3. The summed E-state index contributed by atoms with van der Waals surface area (Å²) in [6.07, 6.45) is 0. The number of rotatable bonds is 2. The molecule has 4 aromatic rings. The van der Waals surface area contributed by atoms with E-state index in [0.29, 0.717) is 27.3 Å². The third kappa shape index (κ3) is 2.48. The molecule has 0 saturated heterocycles. The fourth-order valence-electron chi connectivity index (χ4n) is 4.22. The van der Waals surface area contributed by atoms with Gasteiger partial charge in [0.2, 0.25) is 5.91 Å². The van der Waals surface area contributed by atoms with E-state index in [9.17, 15) is 14.4 Å². The van der Waals surface area contributed by atoms with Crippen molar-refractivity contribution >= 4 is 34.2 Å². The van der Waals surface area contributed by atoms with Crippen molar-refractivity contribution in [2.24, 2.45) is 7.05 Å². The van der Waals surface area contributed by atoms with Gasteiger partial charge in [0, 0.05) is 30.4 Å². The molecule has 0 spiro atoms. The summed E-state index contributed by atoms with van der Waals surface area (Å²) < 4.78 is 1.34. The molecule has 8 heteroatoms. The number of likely N-dealkylation sites (N-methyl/N-ethyl adjacent to an activating group) is 1. The molecule has 2 aromatic carbocycles. The molecule has 2 N–H and O–H groups in total. The summed E-state index contributed by atoms with van der Waals surface area (Å²) in [7, 11) is 3.29. The minimum atomic E-state index is -0.677. The molecule has 0 saturated carbocycles. The Morgan fingerprint density at radius 2 is 1.63 bits per heavy atom. The van der Waals surface area contributed by atoms with Crippen molar-refractivity contribution in [3.8, 4) is 11.3 Å². The van der Waals surface area contributed by atoms with Crippen LogP contribution in [0.5, 0.6) is 0 Å². The Morgan fingerprint density at radius 1 is 0.933 bits per heavy atom. The van der Waals surface area contributed by atoms with Gasteiger partial charge in [-0.15, -0.1) is 0 Å². The van der Waals surface area contributed by atoms with Gasteiger partial charge < -0.3 is 9.88 Å². The third-order valence-corrected chi connectivity index (χ3v) is 5.97. The molecule has 7 nitrogen and oxygen atoms in total. The zero-order chi connectivity index (χ0) is 21.2. The molecule has 1 atom stereocenters. The van der Waals surface area contributed by atoms with Crippen molar-refractivity contribution < 1.29 is 4.79 Å². The maximum atomic E-state index is 13.3. The molecule has 1 unspecified atom stereocenters. The summed E-state index contributed by atoms with van der Waals surface area (Å²) in [6, 6.07) is 14.6. The SMILES string of the molecule is CN1C(=O)C(c2c(-c3ccc(Cl)cc3)[nH]c3c2c(=O)[nH]c(=O)n3C)c2ccccc21. The van der Waals surface area contributed by atoms with Crippen LogP contribution in [0.2, 0.25) is 5.02 Å². The normalized spacial score (nSPS) is 15.8. The van der Waals surface area contributed by atoms with Crippen LogP contribution >= 0.6 is 11.6 Å². The lowest BCUT2D eigenvalue weighted by Gasteiger charge is -2.13. The number of fused-ring (bicyclic) bond motifs is 2. The van der Waals surface area contributed by atoms with E-state index >= 15 is 0 Å². The molecule has 150 valence electrons. The fraction of sp³-hybridized carbons (Fsp3) is 0.136. The largest absolute Gasteiger partial charge is 0.340 e. The number of aryl methyl sites for hydroxylation is 1. The summed E-state index contributed by atoms with van der Waals surface area (Å²) in [5.41, 5.74) is 2.83. The van der Waals surface area contributed by atoms with Gasteiger partial charge in [-0.05, 0) is 29.3 Å². The van der Waals surface area contributed by atoms with Gasteiger partial charge in [0.15, 0.2) is 0 Å². The van der Waals surface area contributed by atoms with Crippen LogP contribution in [0.25, 0.3) is 22.3 Å². The number of aromatic amines is 2. The summed E-state index contributed by atoms with van der Waals surface area (Å²) in [5.74, 6) is -0.815. The highest BCUT2D eigenvalue weighted by Crippen LogP contribution is 2.45. The second-order valence-corrected chi connectivity index (χ2v) is 7.79. The van der Waals surface area contributed by atoms with Crippen molar-refractivity contribution in [1.29, 1.82) is 0 Å². The van der Waals surface area contributed by atoms with Crippen LogP contribution in [-0.2, 0) is 11.8 Å². The number of benzene rings is 2. The molecule has 5 rings (SSSR count). The van der Waals surface area contributed by atoms with Gasteiger partial charge >= 0.3 is 5.69 Å². The highest BCUT2D eigenvalue weighted by Gasteiger charge is 2.40. The minimum absolute atomic E-state index is 0.138. The van der Waals surface area contributed by atoms with Crippen molar-refractivity contribution in [3.63, 3.8) is 0 Å². The van der Waals surface area contributed by atoms with E-state index in [2.05, 4.69) is 9.97 Å². The average molecular weight is 421 g/mol. The van der Waals surface area contributed by atoms with Crippen LogP contribution in [0, 0.1) is 0 Å². The Morgan fingerprint density at radius 3 is 2.37 bits per heavy atom. The molecule has 30 heavy (non-hydrogen) atoms. The Kier molecular flexibility index (Phi) is 3.98. The summed E-state index contributed by atoms with van der Waals surface area (Å²) in [6.45, 7) is 0. The van der Waals surface area contributed by atoms with Crippen molar-refractivity contribution in [2.45, 2.75) is 5.92 Å². The van der Waals surface area contributed by atoms with Gasteiger partial charge in [0.25, 0.3) is 5.56 Å². The van der Waals surface area contributed by atoms with Crippen LogP contribution in [0.1, 0.15) is 17.0 Å². The molecular weight excluding hydrogens is 404 g/mol. The summed E-state index contributed by atoms with van der Waals surface area (Å²) in [5, 5.41) is 0.870. The number of anilines is 1. The van der Waals surface area contributed by atoms with Gasteiger partial charge in [0.1, 0.15) is 5.65 Å². The van der Waals surface area contributed by atoms with E-state index in [1.807, 2.05) is 36.4 Å². The predicted molar refractivity (Wildman–Crippen MR) is 116 cm³/mol. The second-order valence-electron chi connectivity index (χ2n) is 7.35. The van der Waals surface area contributed by atoms with E-state index in [4.69, 9.17) is 11.6 Å². The number of H-pyrrole nitrogens is 2. The first-order valence-corrected chi connectivity index (χ1v) is 9.73. The van der Waals surface area contributed by atoms with Gasteiger partial charge in [-0.1, -0.05) is 41.9 Å². The number of nitrogens with zero attached hydrogens (tertiary/aromatic N) is 2. The Labute approximate surface area is 175 Å². The number of halogens is 1. The number of hydrogen-bond acceptors (Lipinski definition) is 3. The number of hydrogen-bond donors (Lipinski definition) is 2. The van der Waals surface area contributed by atoms with Crippen LogP contribution in [0.15, 0.2) is 58.1 Å². The molecule has 0 aliphatic carbocycles. The smallest absolute Gasteiger partial charge is 0.329 e. The molecule has 0 fully saturated rings. The van der Waals surface area contributed by atoms with E-state index in [1.54, 1.807) is 31.1 Å². The highest BCUT2D eigenvalue weighted by molar-refractivity contribution is 6.30. The first-order chi connectivity index (χ1) is 14.4. The lowest BCUT2D eigenvalue weighted by atomic mass is 9.89. The Balaban J connectivity index is 1.92. The maximum absolute atomic E-state index is 13.3. The number of carbonyl (C=O) groups is 1. The van der Waals surface area contributed by atoms with Gasteiger partial charge in [-0.2, -0.15) is 0 Å². The van der Waals surface area contributed by atoms with E-state index in [0.717, 1.165) is 16.8 Å². The van der Waals surface area contributed by atoms with E-state index in [-0.39, 0.29) is 5.91 Å². The van der Waals surface area contributed by atoms with Crippen LogP contribution in [-0.4, -0.2) is 27.5 Å².